The predicted molar refractivity (Wildman–Crippen MR) is 79.3 cm³/mol. The predicted octanol–water partition coefficient (Wildman–Crippen LogP) is 1.79. The molecule has 3 rings (SSSR count). The fourth-order valence-corrected chi connectivity index (χ4v) is 4.88. The fraction of sp³-hybridized carbons (Fsp3) is 0.583. The van der Waals surface area contributed by atoms with Crippen molar-refractivity contribution in [3.63, 3.8) is 0 Å². The van der Waals surface area contributed by atoms with E-state index in [9.17, 15) is 8.42 Å². The minimum absolute atomic E-state index is 0.0849. The van der Waals surface area contributed by atoms with Crippen LogP contribution in [0.15, 0.2) is 16.6 Å². The Kier molecular flexibility index (Phi) is 3.07. The van der Waals surface area contributed by atoms with Gasteiger partial charge in [0, 0.05) is 24.7 Å². The monoisotopic (exact) mass is 314 g/mol. The average Bonchev–Trinajstić information content (AvgIpc) is 2.87. The molecule has 8 heteroatoms. The van der Waals surface area contributed by atoms with E-state index in [1.165, 1.54) is 15.6 Å². The van der Waals surface area contributed by atoms with Gasteiger partial charge in [0.2, 0.25) is 0 Å². The van der Waals surface area contributed by atoms with Crippen molar-refractivity contribution in [3.8, 4) is 0 Å². The highest BCUT2D eigenvalue weighted by Gasteiger charge is 2.36. The van der Waals surface area contributed by atoms with E-state index >= 15 is 0 Å². The Bertz CT molecular complexity index is 735. The topological polar surface area (TPSA) is 80.7 Å². The van der Waals surface area contributed by atoms with E-state index in [0.717, 1.165) is 12.8 Å². The third-order valence-electron chi connectivity index (χ3n) is 3.90. The molecule has 20 heavy (non-hydrogen) atoms. The number of rotatable bonds is 2. The van der Waals surface area contributed by atoms with Crippen molar-refractivity contribution in [2.75, 3.05) is 18.8 Å². The second-order valence-corrected chi connectivity index (χ2v) is 8.65. The summed E-state index contributed by atoms with van der Waals surface area (Å²) in [4.78, 5) is 4.73. The Hall–Kier alpha value is -1.12. The van der Waals surface area contributed by atoms with Crippen LogP contribution in [0.2, 0.25) is 0 Å². The lowest BCUT2D eigenvalue weighted by Gasteiger charge is -2.35. The molecule has 0 amide bonds. The molecule has 0 aromatic carbocycles. The zero-order valence-electron chi connectivity index (χ0n) is 11.5. The third-order valence-corrected chi connectivity index (χ3v) is 6.60. The van der Waals surface area contributed by atoms with Gasteiger partial charge in [-0.15, -0.1) is 11.3 Å². The normalized spacial score (nSPS) is 20.5. The van der Waals surface area contributed by atoms with Gasteiger partial charge in [-0.3, -0.25) is 4.40 Å². The van der Waals surface area contributed by atoms with Crippen LogP contribution < -0.4 is 5.73 Å². The Morgan fingerprint density at radius 1 is 1.35 bits per heavy atom. The summed E-state index contributed by atoms with van der Waals surface area (Å²) in [6, 6.07) is 0. The van der Waals surface area contributed by atoms with Crippen LogP contribution in [0.3, 0.4) is 0 Å². The molecule has 110 valence electrons. The molecular formula is C12H18N4O2S2. The molecule has 0 atom stereocenters. The van der Waals surface area contributed by atoms with Gasteiger partial charge < -0.3 is 5.73 Å². The van der Waals surface area contributed by atoms with E-state index in [1.54, 1.807) is 16.0 Å². The molecule has 2 aromatic rings. The maximum absolute atomic E-state index is 12.8. The number of hydrogen-bond donors (Lipinski definition) is 1. The van der Waals surface area contributed by atoms with Crippen LogP contribution in [0.25, 0.3) is 4.96 Å². The van der Waals surface area contributed by atoms with Crippen molar-refractivity contribution in [1.82, 2.24) is 13.7 Å². The van der Waals surface area contributed by atoms with Crippen molar-refractivity contribution >= 4 is 32.1 Å². The summed E-state index contributed by atoms with van der Waals surface area (Å²) in [5.74, 6) is 0.0849. The van der Waals surface area contributed by atoms with Crippen LogP contribution in [0.5, 0.6) is 0 Å². The second kappa shape index (κ2) is 4.44. The van der Waals surface area contributed by atoms with E-state index in [1.807, 2.05) is 0 Å². The first-order chi connectivity index (χ1) is 9.31. The first-order valence-corrected chi connectivity index (χ1v) is 8.84. The number of piperidine rings is 1. The van der Waals surface area contributed by atoms with Crippen LogP contribution >= 0.6 is 11.3 Å². The summed E-state index contributed by atoms with van der Waals surface area (Å²) in [6.07, 6.45) is 3.42. The molecule has 0 bridgehead atoms. The molecule has 0 spiro atoms. The molecule has 1 fully saturated rings. The molecule has 0 radical (unpaired) electrons. The molecule has 6 nitrogen and oxygen atoms in total. The summed E-state index contributed by atoms with van der Waals surface area (Å²) in [7, 11) is -3.58. The van der Waals surface area contributed by atoms with Crippen molar-refractivity contribution in [1.29, 1.82) is 0 Å². The quantitative estimate of drug-likeness (QED) is 0.916. The summed E-state index contributed by atoms with van der Waals surface area (Å²) >= 11 is 1.37. The summed E-state index contributed by atoms with van der Waals surface area (Å²) in [5, 5.41) is 1.91. The van der Waals surface area contributed by atoms with E-state index in [2.05, 4.69) is 18.8 Å². The lowest BCUT2D eigenvalue weighted by molar-refractivity contribution is 0.195. The molecular weight excluding hydrogens is 296 g/mol. The van der Waals surface area contributed by atoms with Gasteiger partial charge in [-0.1, -0.05) is 13.8 Å². The number of nitrogens with zero attached hydrogens (tertiary/aromatic N) is 3. The molecule has 2 aromatic heterocycles. The second-order valence-electron chi connectivity index (χ2n) is 5.93. The van der Waals surface area contributed by atoms with Crippen LogP contribution in [0.4, 0.5) is 5.82 Å². The minimum atomic E-state index is -3.58. The number of aromatic nitrogens is 2. The van der Waals surface area contributed by atoms with Gasteiger partial charge >= 0.3 is 0 Å². The van der Waals surface area contributed by atoms with Crippen molar-refractivity contribution in [3.05, 3.63) is 11.6 Å². The van der Waals surface area contributed by atoms with Crippen LogP contribution in [-0.4, -0.2) is 35.2 Å². The van der Waals surface area contributed by atoms with E-state index in [-0.39, 0.29) is 16.3 Å². The molecule has 2 N–H and O–H groups in total. The van der Waals surface area contributed by atoms with E-state index in [4.69, 9.17) is 5.73 Å². The van der Waals surface area contributed by atoms with Gasteiger partial charge in [0.05, 0.1) is 0 Å². The lowest BCUT2D eigenvalue weighted by atomic mass is 9.83. The Labute approximate surface area is 122 Å². The molecule has 1 aliphatic rings. The van der Waals surface area contributed by atoms with Crippen LogP contribution in [0, 0.1) is 5.41 Å². The standard InChI is InChI=1S/C12H18N4O2S2/c1-12(2)3-5-15(6-4-12)20(17,18)10-9(13)14-11-16(10)7-8-19-11/h7-8H,3-6,13H2,1-2H3. The maximum Gasteiger partial charge on any atom is 0.262 e. The first-order valence-electron chi connectivity index (χ1n) is 6.52. The molecule has 3 heterocycles. The minimum Gasteiger partial charge on any atom is -0.381 e. The molecule has 0 unspecified atom stereocenters. The maximum atomic E-state index is 12.8. The summed E-state index contributed by atoms with van der Waals surface area (Å²) in [5.41, 5.74) is 6.01. The number of nitrogens with two attached hydrogens (primary N) is 1. The molecule has 1 aliphatic heterocycles. The highest BCUT2D eigenvalue weighted by atomic mass is 32.2. The lowest BCUT2D eigenvalue weighted by Crippen LogP contribution is -2.41. The molecule has 1 saturated heterocycles. The van der Waals surface area contributed by atoms with Crippen molar-refractivity contribution in [2.45, 2.75) is 31.7 Å². The number of anilines is 1. The highest BCUT2D eigenvalue weighted by Crippen LogP contribution is 2.34. The van der Waals surface area contributed by atoms with Crippen molar-refractivity contribution < 1.29 is 8.42 Å². The van der Waals surface area contributed by atoms with Gasteiger partial charge in [-0.25, -0.2) is 13.4 Å². The largest absolute Gasteiger partial charge is 0.381 e. The number of sulfonamides is 1. The smallest absolute Gasteiger partial charge is 0.262 e. The van der Waals surface area contributed by atoms with Crippen molar-refractivity contribution in [2.24, 2.45) is 5.41 Å². The summed E-state index contributed by atoms with van der Waals surface area (Å²) < 4.78 is 28.7. The number of imidazole rings is 1. The number of nitrogen functional groups attached to an aromatic ring is 1. The average molecular weight is 314 g/mol. The number of thiazole rings is 1. The number of fused-ring (bicyclic) bond motifs is 1. The third kappa shape index (κ3) is 2.11. The Morgan fingerprint density at radius 3 is 2.65 bits per heavy atom. The zero-order chi connectivity index (χ0) is 14.5. The summed E-state index contributed by atoms with van der Waals surface area (Å²) in [6.45, 7) is 5.40. The van der Waals surface area contributed by atoms with Gasteiger partial charge in [-0.05, 0) is 18.3 Å². The van der Waals surface area contributed by atoms with Gasteiger partial charge in [-0.2, -0.15) is 4.31 Å². The molecule has 0 saturated carbocycles. The fourth-order valence-electron chi connectivity index (χ4n) is 2.49. The van der Waals surface area contributed by atoms with Gasteiger partial charge in [0.15, 0.2) is 15.8 Å². The zero-order valence-corrected chi connectivity index (χ0v) is 13.2. The molecule has 0 aliphatic carbocycles. The highest BCUT2D eigenvalue weighted by molar-refractivity contribution is 7.89. The first kappa shape index (κ1) is 13.8. The van der Waals surface area contributed by atoms with Gasteiger partial charge in [0.25, 0.3) is 10.0 Å². The van der Waals surface area contributed by atoms with E-state index in [0.29, 0.717) is 18.1 Å². The van der Waals surface area contributed by atoms with Crippen LogP contribution in [0.1, 0.15) is 26.7 Å². The SMILES string of the molecule is CC1(C)CCN(S(=O)(=O)c2c(N)nc3sccn23)CC1. The van der Waals surface area contributed by atoms with Crippen LogP contribution in [-0.2, 0) is 10.0 Å². The van der Waals surface area contributed by atoms with Gasteiger partial charge in [0.1, 0.15) is 0 Å². The Morgan fingerprint density at radius 2 is 2.00 bits per heavy atom. The Balaban J connectivity index is 2.00. The number of hydrogen-bond acceptors (Lipinski definition) is 5. The van der Waals surface area contributed by atoms with E-state index < -0.39 is 10.0 Å².